The molecule has 0 amide bonds. The fourth-order valence-electron chi connectivity index (χ4n) is 4.20. The van der Waals surface area contributed by atoms with Crippen molar-refractivity contribution in [1.29, 1.82) is 0 Å². The first-order valence-corrected chi connectivity index (χ1v) is 10.8. The Morgan fingerprint density at radius 2 is 1.77 bits per heavy atom. The molecule has 1 aliphatic rings. The monoisotopic (exact) mass is 486 g/mol. The van der Waals surface area contributed by atoms with Crippen molar-refractivity contribution in [2.45, 2.75) is 19.1 Å². The Morgan fingerprint density at radius 3 is 2.42 bits per heavy atom. The van der Waals surface area contributed by atoms with Gasteiger partial charge in [-0.15, -0.1) is 0 Å². The van der Waals surface area contributed by atoms with Crippen molar-refractivity contribution < 1.29 is 19.8 Å². The second kappa shape index (κ2) is 9.17. The lowest BCUT2D eigenvalue weighted by Gasteiger charge is -2.37. The molecular weight excluding hydrogens is 464 g/mol. The van der Waals surface area contributed by atoms with Crippen molar-refractivity contribution in [2.75, 3.05) is 26.2 Å². The number of halogens is 1. The van der Waals surface area contributed by atoms with Gasteiger partial charge in [0, 0.05) is 66.7 Å². The molecule has 1 saturated heterocycles. The number of nitrogens with zero attached hydrogens (tertiary/aromatic N) is 4. The number of fused-ring (bicyclic) bond motifs is 1. The van der Waals surface area contributed by atoms with Gasteiger partial charge in [0.2, 0.25) is 0 Å². The van der Waals surface area contributed by atoms with Gasteiger partial charge in [-0.25, -0.2) is 0 Å². The van der Waals surface area contributed by atoms with Gasteiger partial charge in [0.1, 0.15) is 12.6 Å². The maximum absolute atomic E-state index is 12.3. The fourth-order valence-corrected chi connectivity index (χ4v) is 4.55. The van der Waals surface area contributed by atoms with Crippen LogP contribution in [0.5, 0.6) is 0 Å². The molecule has 2 N–H and O–H groups in total. The van der Waals surface area contributed by atoms with E-state index >= 15 is 0 Å². The van der Waals surface area contributed by atoms with Crippen LogP contribution in [0, 0.1) is 0 Å². The molecule has 0 aliphatic carbocycles. The lowest BCUT2D eigenvalue weighted by molar-refractivity contribution is -0.144. The highest BCUT2D eigenvalue weighted by Crippen LogP contribution is 2.33. The molecule has 9 heteroatoms. The van der Waals surface area contributed by atoms with Crippen LogP contribution in [0.25, 0.3) is 10.9 Å². The molecule has 4 rings (SSSR count). The molecule has 8 nitrogen and oxygen atoms in total. The average Bonchev–Trinajstić information content (AvgIpc) is 3.06. The summed E-state index contributed by atoms with van der Waals surface area (Å²) in [4.78, 5) is 32.0. The number of carboxylic acids is 2. The quantitative estimate of drug-likeness (QED) is 0.529. The molecule has 0 radical (unpaired) electrons. The largest absolute Gasteiger partial charge is 0.480 e. The van der Waals surface area contributed by atoms with Gasteiger partial charge in [-0.3, -0.25) is 24.4 Å². The zero-order chi connectivity index (χ0) is 22.0. The van der Waals surface area contributed by atoms with Crippen molar-refractivity contribution in [3.8, 4) is 0 Å². The van der Waals surface area contributed by atoms with Gasteiger partial charge in [0.25, 0.3) is 0 Å². The highest BCUT2D eigenvalue weighted by molar-refractivity contribution is 9.10. The number of aliphatic carboxylic acids is 2. The summed E-state index contributed by atoms with van der Waals surface area (Å²) in [5.74, 6) is -1.90. The molecule has 162 valence electrons. The van der Waals surface area contributed by atoms with Gasteiger partial charge in [-0.05, 0) is 29.8 Å². The summed E-state index contributed by atoms with van der Waals surface area (Å²) in [6.07, 6.45) is 5.22. The molecular formula is C22H23BrN4O4. The Kier molecular flexibility index (Phi) is 6.35. The van der Waals surface area contributed by atoms with Crippen molar-refractivity contribution in [3.05, 3.63) is 64.5 Å². The van der Waals surface area contributed by atoms with Crippen LogP contribution in [0.3, 0.4) is 0 Å². The third-order valence-electron chi connectivity index (χ3n) is 5.64. The van der Waals surface area contributed by atoms with Crippen molar-refractivity contribution in [1.82, 2.24) is 19.4 Å². The standard InChI is InChI=1S/C22H23BrN4O4/c23-16-1-2-17-18(13-27(14-20(28)29)19(17)11-16)21(22(30)31)26-9-7-25(8-10-26)12-15-3-5-24-6-4-15/h1-6,11,13,21H,7-10,12,14H2,(H,28,29)(H,30,31)/t21-/m0/s1. The average molecular weight is 487 g/mol. The predicted octanol–water partition coefficient (Wildman–Crippen LogP) is 2.83. The maximum atomic E-state index is 12.3. The first-order chi connectivity index (χ1) is 14.9. The van der Waals surface area contributed by atoms with E-state index in [-0.39, 0.29) is 6.54 Å². The Labute approximate surface area is 187 Å². The minimum absolute atomic E-state index is 0.223. The molecule has 0 spiro atoms. The number of pyridine rings is 1. The number of hydrogen-bond acceptors (Lipinski definition) is 5. The van der Waals surface area contributed by atoms with Gasteiger partial charge < -0.3 is 14.8 Å². The Morgan fingerprint density at radius 1 is 1.06 bits per heavy atom. The van der Waals surface area contributed by atoms with Crippen LogP contribution in [-0.4, -0.2) is 67.7 Å². The number of hydrogen-bond donors (Lipinski definition) is 2. The zero-order valence-electron chi connectivity index (χ0n) is 16.8. The van der Waals surface area contributed by atoms with E-state index < -0.39 is 18.0 Å². The Hall–Kier alpha value is -2.75. The molecule has 3 aromatic rings. The molecule has 31 heavy (non-hydrogen) atoms. The summed E-state index contributed by atoms with van der Waals surface area (Å²) in [6, 6.07) is 8.67. The zero-order valence-corrected chi connectivity index (χ0v) is 18.4. The number of benzene rings is 1. The predicted molar refractivity (Wildman–Crippen MR) is 119 cm³/mol. The number of piperazine rings is 1. The van der Waals surface area contributed by atoms with Crippen molar-refractivity contribution >= 4 is 38.8 Å². The van der Waals surface area contributed by atoms with E-state index in [0.29, 0.717) is 24.2 Å². The second-order valence-electron chi connectivity index (χ2n) is 7.68. The van der Waals surface area contributed by atoms with E-state index in [1.807, 2.05) is 35.2 Å². The van der Waals surface area contributed by atoms with E-state index in [9.17, 15) is 19.8 Å². The Bertz CT molecular complexity index is 1090. The summed E-state index contributed by atoms with van der Waals surface area (Å²) in [6.45, 7) is 3.32. The van der Waals surface area contributed by atoms with E-state index in [1.165, 1.54) is 5.56 Å². The maximum Gasteiger partial charge on any atom is 0.325 e. The number of carboxylic acid groups (broad SMARTS) is 2. The van der Waals surface area contributed by atoms with E-state index in [0.717, 1.165) is 29.5 Å². The van der Waals surface area contributed by atoms with Gasteiger partial charge in [-0.2, -0.15) is 0 Å². The third-order valence-corrected chi connectivity index (χ3v) is 6.13. The molecule has 2 aromatic heterocycles. The van der Waals surface area contributed by atoms with E-state index in [4.69, 9.17) is 0 Å². The molecule has 1 aromatic carbocycles. The van der Waals surface area contributed by atoms with Crippen LogP contribution < -0.4 is 0 Å². The van der Waals surface area contributed by atoms with Crippen molar-refractivity contribution in [3.63, 3.8) is 0 Å². The van der Waals surface area contributed by atoms with E-state index in [2.05, 4.69) is 25.8 Å². The van der Waals surface area contributed by atoms with Crippen LogP contribution >= 0.6 is 15.9 Å². The highest BCUT2D eigenvalue weighted by Gasteiger charge is 2.33. The van der Waals surface area contributed by atoms with Crippen LogP contribution in [0.4, 0.5) is 0 Å². The minimum atomic E-state index is -0.972. The normalized spacial score (nSPS) is 16.4. The lowest BCUT2D eigenvalue weighted by atomic mass is 10.0. The lowest BCUT2D eigenvalue weighted by Crippen LogP contribution is -2.48. The number of aromatic nitrogens is 2. The van der Waals surface area contributed by atoms with Crippen LogP contribution in [0.2, 0.25) is 0 Å². The first-order valence-electron chi connectivity index (χ1n) is 10.0. The summed E-state index contributed by atoms with van der Waals surface area (Å²) in [7, 11) is 0. The van der Waals surface area contributed by atoms with Gasteiger partial charge in [-0.1, -0.05) is 22.0 Å². The van der Waals surface area contributed by atoms with Crippen LogP contribution in [-0.2, 0) is 22.7 Å². The molecule has 1 fully saturated rings. The second-order valence-corrected chi connectivity index (χ2v) is 8.59. The molecule has 3 heterocycles. The summed E-state index contributed by atoms with van der Waals surface area (Å²) >= 11 is 3.42. The van der Waals surface area contributed by atoms with E-state index in [1.54, 1.807) is 23.2 Å². The Balaban J connectivity index is 1.58. The van der Waals surface area contributed by atoms with Gasteiger partial charge in [0.05, 0.1) is 5.52 Å². The highest BCUT2D eigenvalue weighted by atomic mass is 79.9. The molecule has 1 atom stereocenters. The number of carbonyl (C=O) groups is 2. The fraction of sp³-hybridized carbons (Fsp3) is 0.318. The van der Waals surface area contributed by atoms with Crippen LogP contribution in [0.15, 0.2) is 53.4 Å². The summed E-state index contributed by atoms with van der Waals surface area (Å²) in [5, 5.41) is 20.1. The summed E-state index contributed by atoms with van der Waals surface area (Å²) < 4.78 is 2.42. The summed E-state index contributed by atoms with van der Waals surface area (Å²) in [5.41, 5.74) is 2.51. The van der Waals surface area contributed by atoms with Crippen LogP contribution in [0.1, 0.15) is 17.2 Å². The van der Waals surface area contributed by atoms with Crippen molar-refractivity contribution in [2.24, 2.45) is 0 Å². The van der Waals surface area contributed by atoms with Gasteiger partial charge in [0.15, 0.2) is 0 Å². The van der Waals surface area contributed by atoms with Gasteiger partial charge >= 0.3 is 11.9 Å². The first kappa shape index (κ1) is 21.5. The molecule has 1 aliphatic heterocycles. The molecule has 0 bridgehead atoms. The molecule has 0 saturated carbocycles. The smallest absolute Gasteiger partial charge is 0.325 e. The minimum Gasteiger partial charge on any atom is -0.480 e. The number of rotatable bonds is 7. The topological polar surface area (TPSA) is 98.9 Å². The molecule has 0 unspecified atom stereocenters. The SMILES string of the molecule is O=C(O)Cn1cc([C@@H](C(=O)O)N2CCN(Cc3ccncc3)CC2)c2ccc(Br)cc21. The third kappa shape index (κ3) is 4.79.